The minimum absolute atomic E-state index is 0.329. The predicted octanol–water partition coefficient (Wildman–Crippen LogP) is 4.52. The number of carbonyl (C=O) groups is 2. The minimum Gasteiger partial charge on any atom is -0.465 e. The number of alkyl halides is 3. The second-order valence-electron chi connectivity index (χ2n) is 6.81. The van der Waals surface area contributed by atoms with Crippen molar-refractivity contribution in [3.8, 4) is 5.75 Å². The minimum atomic E-state index is -1.72. The van der Waals surface area contributed by atoms with Crippen LogP contribution in [0, 0.1) is 5.41 Å². The lowest BCUT2D eigenvalue weighted by Crippen LogP contribution is -2.55. The van der Waals surface area contributed by atoms with Crippen LogP contribution in [-0.2, 0) is 19.5 Å². The van der Waals surface area contributed by atoms with Crippen LogP contribution < -0.4 is 4.74 Å². The molecule has 0 saturated carbocycles. The summed E-state index contributed by atoms with van der Waals surface area (Å²) in [6, 6.07) is 6.19. The van der Waals surface area contributed by atoms with Gasteiger partial charge in [0.2, 0.25) is 0 Å². The smallest absolute Gasteiger partial charge is 0.337 e. The van der Waals surface area contributed by atoms with Gasteiger partial charge in [0.1, 0.15) is 5.75 Å². The van der Waals surface area contributed by atoms with Gasteiger partial charge in [-0.15, -0.1) is 11.6 Å². The van der Waals surface area contributed by atoms with Crippen molar-refractivity contribution in [2.45, 2.75) is 36.3 Å². The van der Waals surface area contributed by atoms with E-state index in [-0.39, 0.29) is 0 Å². The second-order valence-corrected chi connectivity index (χ2v) is 9.23. The van der Waals surface area contributed by atoms with Crippen LogP contribution in [0.1, 0.15) is 31.1 Å². The van der Waals surface area contributed by atoms with Gasteiger partial charge in [-0.1, -0.05) is 29.8 Å². The Hall–Kier alpha value is -1.77. The molecule has 0 saturated heterocycles. The number of carbonyl (C=O) groups excluding carboxylic acids is 2. The van der Waals surface area contributed by atoms with Crippen molar-refractivity contribution < 1.29 is 23.8 Å². The van der Waals surface area contributed by atoms with Crippen LogP contribution in [-0.4, -0.2) is 39.0 Å². The Bertz CT molecular complexity index is 843. The Morgan fingerprint density at radius 3 is 2.31 bits per heavy atom. The molecule has 3 atom stereocenters. The van der Waals surface area contributed by atoms with Gasteiger partial charge in [0.25, 0.3) is 0 Å². The van der Waals surface area contributed by atoms with Gasteiger partial charge in [0.05, 0.1) is 23.3 Å². The molecule has 10 heteroatoms. The topological polar surface area (TPSA) is 79.7 Å². The van der Waals surface area contributed by atoms with Crippen molar-refractivity contribution in [3.05, 3.63) is 48.5 Å². The van der Waals surface area contributed by atoms with Crippen molar-refractivity contribution >= 4 is 51.1 Å². The fourth-order valence-corrected chi connectivity index (χ4v) is 3.46. The highest BCUT2D eigenvalue weighted by atomic mass is 79.9. The van der Waals surface area contributed by atoms with E-state index in [1.165, 1.54) is 43.3 Å². The Morgan fingerprint density at radius 2 is 1.86 bits per heavy atom. The molecule has 1 aromatic carbocycles. The lowest BCUT2D eigenvalue weighted by Gasteiger charge is -2.44. The Morgan fingerprint density at radius 1 is 1.24 bits per heavy atom. The summed E-state index contributed by atoms with van der Waals surface area (Å²) >= 11 is 16.6. The van der Waals surface area contributed by atoms with Gasteiger partial charge in [0.15, 0.2) is 6.10 Å². The molecule has 7 nitrogen and oxygen atoms in total. The first-order chi connectivity index (χ1) is 13.5. The molecule has 2 rings (SSSR count). The number of methoxy groups -OCH3 is 1. The normalized spacial score (nSPS) is 15.7. The summed E-state index contributed by atoms with van der Waals surface area (Å²) in [5.74, 6) is -0.704. The number of ether oxygens (including phenoxy) is 3. The molecule has 0 radical (unpaired) electrons. The van der Waals surface area contributed by atoms with Gasteiger partial charge in [-0.3, -0.25) is 9.36 Å². The van der Waals surface area contributed by atoms with Crippen LogP contribution in [0.4, 0.5) is 0 Å². The van der Waals surface area contributed by atoms with Gasteiger partial charge in [-0.25, -0.2) is 9.78 Å². The van der Waals surface area contributed by atoms with E-state index in [4.69, 9.17) is 37.4 Å². The van der Waals surface area contributed by atoms with E-state index >= 15 is 0 Å². The summed E-state index contributed by atoms with van der Waals surface area (Å²) in [4.78, 5) is 27.5. The first-order valence-electron chi connectivity index (χ1n) is 8.52. The maximum Gasteiger partial charge on any atom is 0.337 e. The van der Waals surface area contributed by atoms with E-state index in [1.54, 1.807) is 32.2 Å². The number of hydrogen-bond acceptors (Lipinski definition) is 6. The molecule has 0 aliphatic rings. The van der Waals surface area contributed by atoms with Gasteiger partial charge in [0, 0.05) is 24.7 Å². The largest absolute Gasteiger partial charge is 0.465 e. The summed E-state index contributed by atoms with van der Waals surface area (Å²) in [5, 5.41) is -1.72. The van der Waals surface area contributed by atoms with E-state index in [1.807, 2.05) is 0 Å². The van der Waals surface area contributed by atoms with Crippen LogP contribution in [0.5, 0.6) is 5.75 Å². The van der Waals surface area contributed by atoms with E-state index in [0.717, 1.165) is 0 Å². The molecule has 0 aliphatic heterocycles. The van der Waals surface area contributed by atoms with Crippen molar-refractivity contribution in [1.82, 2.24) is 9.55 Å². The number of halogens is 3. The molecule has 0 aliphatic carbocycles. The summed E-state index contributed by atoms with van der Waals surface area (Å²) in [7, 11) is 1.30. The lowest BCUT2D eigenvalue weighted by molar-refractivity contribution is -0.172. The average molecular weight is 508 g/mol. The van der Waals surface area contributed by atoms with E-state index < -0.39 is 32.9 Å². The fourth-order valence-electron chi connectivity index (χ4n) is 2.59. The molecule has 0 bridgehead atoms. The van der Waals surface area contributed by atoms with Crippen molar-refractivity contribution in [2.75, 3.05) is 7.11 Å². The molecule has 3 unspecified atom stereocenters. The molecular formula is C19H21BrCl2N2O5. The lowest BCUT2D eigenvalue weighted by atomic mass is 9.86. The number of esters is 2. The van der Waals surface area contributed by atoms with Gasteiger partial charge < -0.3 is 14.2 Å². The summed E-state index contributed by atoms with van der Waals surface area (Å²) in [6.07, 6.45) is 3.51. The van der Waals surface area contributed by atoms with Crippen LogP contribution in [0.25, 0.3) is 0 Å². The SMILES string of the molecule is COC(=O)c1ccc(OC(Cl)(C(OC(C)=O)C(C)(C)C(Cl)Br)n2ccnc2)cc1. The van der Waals surface area contributed by atoms with Crippen LogP contribution in [0.3, 0.4) is 0 Å². The molecule has 0 fully saturated rings. The molecule has 1 aromatic heterocycles. The Balaban J connectivity index is 2.52. The summed E-state index contributed by atoms with van der Waals surface area (Å²) in [6.45, 7) is 4.84. The van der Waals surface area contributed by atoms with Crippen LogP contribution >= 0.6 is 39.1 Å². The zero-order valence-electron chi connectivity index (χ0n) is 16.3. The molecule has 0 N–H and O–H groups in total. The third-order valence-corrected chi connectivity index (χ3v) is 6.45. The number of aromatic nitrogens is 2. The average Bonchev–Trinajstić information content (AvgIpc) is 3.21. The molecule has 158 valence electrons. The first-order valence-corrected chi connectivity index (χ1v) is 10.3. The highest BCUT2D eigenvalue weighted by Gasteiger charge is 2.54. The molecule has 29 heavy (non-hydrogen) atoms. The van der Waals surface area contributed by atoms with Gasteiger partial charge in [-0.2, -0.15) is 0 Å². The third kappa shape index (κ3) is 5.24. The van der Waals surface area contributed by atoms with Crippen LogP contribution in [0.2, 0.25) is 0 Å². The van der Waals surface area contributed by atoms with E-state index in [2.05, 4.69) is 20.9 Å². The van der Waals surface area contributed by atoms with Gasteiger partial charge >= 0.3 is 17.1 Å². The van der Waals surface area contributed by atoms with E-state index in [9.17, 15) is 9.59 Å². The van der Waals surface area contributed by atoms with Crippen molar-refractivity contribution in [2.24, 2.45) is 5.41 Å². The summed E-state index contributed by atoms with van der Waals surface area (Å²) in [5.41, 5.74) is -0.522. The quantitative estimate of drug-likeness (QED) is 0.386. The standard InChI is InChI=1S/C19H21BrCl2N2O5/c1-12(25)28-16(18(2,3)17(20)21)19(22,24-10-9-23-11-24)29-14-7-5-13(6-8-14)15(26)27-4/h5-11,16-17H,1-4H3. The zero-order valence-corrected chi connectivity index (χ0v) is 19.4. The zero-order chi connectivity index (χ0) is 21.8. The first kappa shape index (κ1) is 23.5. The monoisotopic (exact) mass is 506 g/mol. The van der Waals surface area contributed by atoms with Crippen molar-refractivity contribution in [1.29, 1.82) is 0 Å². The number of hydrogen-bond donors (Lipinski definition) is 0. The molecule has 1 heterocycles. The molecular weight excluding hydrogens is 487 g/mol. The highest BCUT2D eigenvalue weighted by molar-refractivity contribution is 9.10. The van der Waals surface area contributed by atoms with Crippen LogP contribution in [0.15, 0.2) is 43.0 Å². The highest BCUT2D eigenvalue weighted by Crippen LogP contribution is 2.45. The predicted molar refractivity (Wildman–Crippen MR) is 112 cm³/mol. The Kier molecular flexibility index (Phi) is 7.59. The number of benzene rings is 1. The maximum absolute atomic E-state index is 11.9. The number of nitrogens with zero attached hydrogens (tertiary/aromatic N) is 2. The molecule has 2 aromatic rings. The molecule has 0 spiro atoms. The number of imidazole rings is 1. The second kappa shape index (κ2) is 9.36. The Labute approximate surface area is 187 Å². The maximum atomic E-state index is 11.9. The van der Waals surface area contributed by atoms with Crippen molar-refractivity contribution in [3.63, 3.8) is 0 Å². The molecule has 0 amide bonds. The third-order valence-electron chi connectivity index (χ3n) is 4.24. The van der Waals surface area contributed by atoms with Gasteiger partial charge in [-0.05, 0) is 35.9 Å². The fraction of sp³-hybridized carbons (Fsp3) is 0.421. The van der Waals surface area contributed by atoms with E-state index in [0.29, 0.717) is 11.3 Å². The summed E-state index contributed by atoms with van der Waals surface area (Å²) < 4.78 is 17.2. The number of rotatable bonds is 8.